The van der Waals surface area contributed by atoms with E-state index >= 15 is 0 Å². The van der Waals surface area contributed by atoms with E-state index < -0.39 is 0 Å². The molecule has 1 aromatic carbocycles. The molecule has 0 spiro atoms. The molecule has 3 rings (SSSR count). The Kier molecular flexibility index (Phi) is 3.04. The highest BCUT2D eigenvalue weighted by molar-refractivity contribution is 5.80. The minimum atomic E-state index is -0.220. The largest absolute Gasteiger partial charge is 0.335 e. The zero-order valence-electron chi connectivity index (χ0n) is 10.2. The summed E-state index contributed by atoms with van der Waals surface area (Å²) < 4.78 is 13.6. The predicted molar refractivity (Wildman–Crippen MR) is 66.3 cm³/mol. The van der Waals surface area contributed by atoms with Crippen LogP contribution in [0, 0.1) is 11.7 Å². The SMILES string of the molecule is O=C(C1CNC1)N(Cc1ccccc1F)C1CC1. The highest BCUT2D eigenvalue weighted by Gasteiger charge is 2.37. The number of benzene rings is 1. The summed E-state index contributed by atoms with van der Waals surface area (Å²) in [7, 11) is 0. The first-order chi connectivity index (χ1) is 8.75. The van der Waals surface area contributed by atoms with Gasteiger partial charge in [-0.25, -0.2) is 4.39 Å². The summed E-state index contributed by atoms with van der Waals surface area (Å²) >= 11 is 0. The van der Waals surface area contributed by atoms with Gasteiger partial charge in [0.05, 0.1) is 5.92 Å². The first-order valence-electron chi connectivity index (χ1n) is 6.50. The lowest BCUT2D eigenvalue weighted by molar-refractivity contribution is -0.138. The van der Waals surface area contributed by atoms with Gasteiger partial charge < -0.3 is 10.2 Å². The molecule has 3 nitrogen and oxygen atoms in total. The van der Waals surface area contributed by atoms with Crippen molar-refractivity contribution in [3.05, 3.63) is 35.6 Å². The molecule has 1 saturated carbocycles. The van der Waals surface area contributed by atoms with Gasteiger partial charge in [0.1, 0.15) is 5.82 Å². The van der Waals surface area contributed by atoms with Gasteiger partial charge in [0.15, 0.2) is 0 Å². The van der Waals surface area contributed by atoms with Gasteiger partial charge in [-0.05, 0) is 18.9 Å². The van der Waals surface area contributed by atoms with Gasteiger partial charge >= 0.3 is 0 Å². The van der Waals surface area contributed by atoms with Crippen molar-refractivity contribution in [1.82, 2.24) is 10.2 Å². The molecule has 0 unspecified atom stereocenters. The average Bonchev–Trinajstić information content (AvgIpc) is 3.09. The second-order valence-corrected chi connectivity index (χ2v) is 5.14. The Morgan fingerprint density at radius 1 is 1.33 bits per heavy atom. The summed E-state index contributed by atoms with van der Waals surface area (Å²) in [4.78, 5) is 14.2. The molecule has 0 atom stereocenters. The summed E-state index contributed by atoms with van der Waals surface area (Å²) in [6, 6.07) is 7.04. The molecule has 2 fully saturated rings. The van der Waals surface area contributed by atoms with Crippen LogP contribution in [0.4, 0.5) is 4.39 Å². The zero-order valence-corrected chi connectivity index (χ0v) is 10.2. The van der Waals surface area contributed by atoms with Crippen molar-refractivity contribution in [2.24, 2.45) is 5.92 Å². The minimum absolute atomic E-state index is 0.0948. The molecule has 4 heteroatoms. The Hall–Kier alpha value is -1.42. The Bertz CT molecular complexity index is 455. The second kappa shape index (κ2) is 4.69. The Morgan fingerprint density at radius 3 is 2.61 bits per heavy atom. The Balaban J connectivity index is 1.74. The molecule has 1 amide bonds. The molecule has 0 aromatic heterocycles. The summed E-state index contributed by atoms with van der Waals surface area (Å²) in [5.41, 5.74) is 0.616. The molecule has 1 N–H and O–H groups in total. The van der Waals surface area contributed by atoms with Gasteiger partial charge in [0.25, 0.3) is 0 Å². The standard InChI is InChI=1S/C14H17FN2O/c15-13-4-2-1-3-10(13)9-17(12-5-6-12)14(18)11-7-16-8-11/h1-4,11-12,16H,5-9H2. The first-order valence-corrected chi connectivity index (χ1v) is 6.50. The third-order valence-corrected chi connectivity index (χ3v) is 3.70. The quantitative estimate of drug-likeness (QED) is 0.876. The number of rotatable bonds is 4. The fourth-order valence-electron chi connectivity index (χ4n) is 2.28. The molecule has 1 heterocycles. The van der Waals surface area contributed by atoms with E-state index in [-0.39, 0.29) is 17.6 Å². The van der Waals surface area contributed by atoms with Gasteiger partial charge in [-0.15, -0.1) is 0 Å². The third kappa shape index (κ3) is 2.25. The van der Waals surface area contributed by atoms with Crippen molar-refractivity contribution >= 4 is 5.91 Å². The number of hydrogen-bond donors (Lipinski definition) is 1. The number of hydrogen-bond acceptors (Lipinski definition) is 2. The maximum Gasteiger partial charge on any atom is 0.228 e. The number of carbonyl (C=O) groups is 1. The van der Waals surface area contributed by atoms with E-state index in [1.165, 1.54) is 6.07 Å². The van der Waals surface area contributed by atoms with Crippen molar-refractivity contribution in [2.75, 3.05) is 13.1 Å². The van der Waals surface area contributed by atoms with Gasteiger partial charge in [-0.1, -0.05) is 18.2 Å². The lowest BCUT2D eigenvalue weighted by atomic mass is 10.0. The van der Waals surface area contributed by atoms with E-state index in [9.17, 15) is 9.18 Å². The van der Waals surface area contributed by atoms with Crippen molar-refractivity contribution in [3.8, 4) is 0 Å². The smallest absolute Gasteiger partial charge is 0.228 e. The van der Waals surface area contributed by atoms with Crippen molar-refractivity contribution in [2.45, 2.75) is 25.4 Å². The number of halogens is 1. The number of carbonyl (C=O) groups excluding carboxylic acids is 1. The van der Waals surface area contributed by atoms with E-state index in [0.717, 1.165) is 25.9 Å². The van der Waals surface area contributed by atoms with E-state index in [4.69, 9.17) is 0 Å². The van der Waals surface area contributed by atoms with Crippen LogP contribution in [0.5, 0.6) is 0 Å². The summed E-state index contributed by atoms with van der Waals surface area (Å²) in [5.74, 6) is 0.0551. The fraction of sp³-hybridized carbons (Fsp3) is 0.500. The van der Waals surface area contributed by atoms with Crippen LogP contribution in [0.25, 0.3) is 0 Å². The van der Waals surface area contributed by atoms with E-state index in [0.29, 0.717) is 18.2 Å². The first kappa shape index (κ1) is 11.7. The van der Waals surface area contributed by atoms with Crippen LogP contribution in [-0.2, 0) is 11.3 Å². The molecule has 1 saturated heterocycles. The maximum atomic E-state index is 13.6. The van der Waals surface area contributed by atoms with Crippen LogP contribution < -0.4 is 5.32 Å². The maximum absolute atomic E-state index is 13.6. The summed E-state index contributed by atoms with van der Waals surface area (Å²) in [6.07, 6.45) is 2.11. The lowest BCUT2D eigenvalue weighted by Crippen LogP contribution is -2.52. The molecule has 1 aliphatic heterocycles. The molecule has 0 bridgehead atoms. The van der Waals surface area contributed by atoms with Crippen molar-refractivity contribution in [1.29, 1.82) is 0 Å². The van der Waals surface area contributed by atoms with Gasteiger partial charge in [0, 0.05) is 31.2 Å². The molecule has 2 aliphatic rings. The zero-order chi connectivity index (χ0) is 12.5. The number of nitrogens with one attached hydrogen (secondary N) is 1. The van der Waals surface area contributed by atoms with E-state index in [1.807, 2.05) is 11.0 Å². The van der Waals surface area contributed by atoms with Crippen LogP contribution in [0.3, 0.4) is 0 Å². The van der Waals surface area contributed by atoms with Crippen LogP contribution in [0.2, 0.25) is 0 Å². The van der Waals surface area contributed by atoms with Gasteiger partial charge in [-0.3, -0.25) is 4.79 Å². The van der Waals surface area contributed by atoms with Gasteiger partial charge in [-0.2, -0.15) is 0 Å². The van der Waals surface area contributed by atoms with Crippen LogP contribution in [0.1, 0.15) is 18.4 Å². The normalized spacial score (nSPS) is 19.4. The number of amides is 1. The average molecular weight is 248 g/mol. The molecule has 18 heavy (non-hydrogen) atoms. The minimum Gasteiger partial charge on any atom is -0.335 e. The fourth-order valence-corrected chi connectivity index (χ4v) is 2.28. The molecule has 1 aromatic rings. The molecular formula is C14H17FN2O. The lowest BCUT2D eigenvalue weighted by Gasteiger charge is -2.32. The molecule has 1 aliphatic carbocycles. The monoisotopic (exact) mass is 248 g/mol. The van der Waals surface area contributed by atoms with Crippen LogP contribution in [0.15, 0.2) is 24.3 Å². The highest BCUT2D eigenvalue weighted by atomic mass is 19.1. The van der Waals surface area contributed by atoms with Crippen LogP contribution in [-0.4, -0.2) is 29.9 Å². The molecular weight excluding hydrogens is 231 g/mol. The Labute approximate surface area is 106 Å². The summed E-state index contributed by atoms with van der Waals surface area (Å²) in [5, 5.41) is 3.11. The van der Waals surface area contributed by atoms with Crippen molar-refractivity contribution < 1.29 is 9.18 Å². The van der Waals surface area contributed by atoms with E-state index in [1.54, 1.807) is 12.1 Å². The predicted octanol–water partition coefficient (Wildman–Crippen LogP) is 1.54. The third-order valence-electron chi connectivity index (χ3n) is 3.70. The highest BCUT2D eigenvalue weighted by Crippen LogP contribution is 2.30. The topological polar surface area (TPSA) is 32.3 Å². The molecule has 0 radical (unpaired) electrons. The van der Waals surface area contributed by atoms with E-state index in [2.05, 4.69) is 5.32 Å². The Morgan fingerprint density at radius 2 is 2.06 bits per heavy atom. The second-order valence-electron chi connectivity index (χ2n) is 5.14. The van der Waals surface area contributed by atoms with Crippen molar-refractivity contribution in [3.63, 3.8) is 0 Å². The molecule has 96 valence electrons. The van der Waals surface area contributed by atoms with Gasteiger partial charge in [0.2, 0.25) is 5.91 Å². The van der Waals surface area contributed by atoms with Crippen LogP contribution >= 0.6 is 0 Å². The summed E-state index contributed by atoms with van der Waals surface area (Å²) in [6.45, 7) is 1.94. The number of nitrogens with zero attached hydrogens (tertiary/aromatic N) is 1.